The minimum atomic E-state index is -0.253. The Hall–Kier alpha value is -2.68. The molecule has 4 aromatic rings. The summed E-state index contributed by atoms with van der Waals surface area (Å²) in [6, 6.07) is 17.0. The van der Waals surface area contributed by atoms with Gasteiger partial charge in [0.2, 0.25) is 0 Å². The molecule has 0 saturated heterocycles. The predicted molar refractivity (Wildman–Crippen MR) is 152 cm³/mol. The normalized spacial score (nSPS) is 11.5. The fraction of sp³-hybridized carbons (Fsp3) is 0.222. The van der Waals surface area contributed by atoms with Crippen LogP contribution in [0.15, 0.2) is 73.4 Å². The van der Waals surface area contributed by atoms with Crippen LogP contribution in [0.5, 0.6) is 11.5 Å². The molecular formula is C27H24Br2ClN3O3. The number of aromatic nitrogens is 2. The van der Waals surface area contributed by atoms with Gasteiger partial charge >= 0.3 is 0 Å². The van der Waals surface area contributed by atoms with Crippen molar-refractivity contribution in [2.75, 3.05) is 6.61 Å². The Morgan fingerprint density at radius 2 is 1.86 bits per heavy atom. The van der Waals surface area contributed by atoms with Gasteiger partial charge in [-0.05, 0) is 52.7 Å². The fourth-order valence-corrected chi connectivity index (χ4v) is 4.61. The number of hydrogen-bond donors (Lipinski definition) is 0. The van der Waals surface area contributed by atoms with Crippen LogP contribution in [0.25, 0.3) is 10.9 Å². The van der Waals surface area contributed by atoms with Crippen molar-refractivity contribution < 1.29 is 9.47 Å². The summed E-state index contributed by atoms with van der Waals surface area (Å²) >= 11 is 13.7. The summed E-state index contributed by atoms with van der Waals surface area (Å²) in [4.78, 5) is 18.0. The molecule has 0 fully saturated rings. The third-order valence-electron chi connectivity index (χ3n) is 5.34. The van der Waals surface area contributed by atoms with E-state index in [-0.39, 0.29) is 11.5 Å². The highest BCUT2D eigenvalue weighted by Crippen LogP contribution is 2.42. The Bertz CT molecular complexity index is 1490. The molecule has 3 aromatic carbocycles. The van der Waals surface area contributed by atoms with Crippen molar-refractivity contribution >= 4 is 60.6 Å². The molecule has 0 amide bonds. The molecular weight excluding hydrogens is 610 g/mol. The van der Waals surface area contributed by atoms with E-state index in [0.29, 0.717) is 56.5 Å². The van der Waals surface area contributed by atoms with E-state index in [1.807, 2.05) is 63.2 Å². The Morgan fingerprint density at radius 1 is 1.11 bits per heavy atom. The number of rotatable bonds is 8. The van der Waals surface area contributed by atoms with Crippen LogP contribution in [-0.2, 0) is 6.61 Å². The van der Waals surface area contributed by atoms with E-state index in [1.165, 1.54) is 4.68 Å². The van der Waals surface area contributed by atoms with Crippen molar-refractivity contribution in [3.63, 3.8) is 0 Å². The van der Waals surface area contributed by atoms with Gasteiger partial charge in [0.1, 0.15) is 17.5 Å². The summed E-state index contributed by atoms with van der Waals surface area (Å²) in [6.45, 7) is 6.59. The number of halogens is 3. The van der Waals surface area contributed by atoms with Crippen molar-refractivity contribution in [2.24, 2.45) is 5.10 Å². The predicted octanol–water partition coefficient (Wildman–Crippen LogP) is 7.56. The van der Waals surface area contributed by atoms with Crippen LogP contribution in [-0.4, -0.2) is 22.5 Å². The van der Waals surface area contributed by atoms with Crippen LogP contribution in [0.1, 0.15) is 43.6 Å². The molecule has 1 aromatic heterocycles. The molecule has 0 aliphatic carbocycles. The Morgan fingerprint density at radius 3 is 2.56 bits per heavy atom. The monoisotopic (exact) mass is 631 g/mol. The highest BCUT2D eigenvalue weighted by atomic mass is 79.9. The third kappa shape index (κ3) is 5.66. The second-order valence-corrected chi connectivity index (χ2v) is 10.4. The molecule has 0 aliphatic heterocycles. The first kappa shape index (κ1) is 26.4. The van der Waals surface area contributed by atoms with E-state index < -0.39 is 0 Å². The quantitative estimate of drug-likeness (QED) is 0.188. The third-order valence-corrected chi connectivity index (χ3v) is 7.28. The first-order chi connectivity index (χ1) is 17.3. The number of benzene rings is 3. The van der Waals surface area contributed by atoms with Gasteiger partial charge in [-0.2, -0.15) is 9.78 Å². The maximum absolute atomic E-state index is 13.3. The maximum atomic E-state index is 13.3. The number of nitrogens with zero attached hydrogens (tertiary/aromatic N) is 3. The van der Waals surface area contributed by atoms with Crippen LogP contribution in [0.2, 0.25) is 5.02 Å². The largest absolute Gasteiger partial charge is 0.490 e. The van der Waals surface area contributed by atoms with Gasteiger partial charge in [-0.15, -0.1) is 0 Å². The van der Waals surface area contributed by atoms with Crippen LogP contribution >= 0.6 is 43.5 Å². The van der Waals surface area contributed by atoms with E-state index in [2.05, 4.69) is 41.9 Å². The first-order valence-electron chi connectivity index (χ1n) is 11.4. The summed E-state index contributed by atoms with van der Waals surface area (Å²) in [5.74, 6) is 1.45. The van der Waals surface area contributed by atoms with E-state index in [0.717, 1.165) is 10.0 Å². The van der Waals surface area contributed by atoms with Crippen molar-refractivity contribution in [3.8, 4) is 11.5 Å². The van der Waals surface area contributed by atoms with Crippen molar-refractivity contribution in [2.45, 2.75) is 33.3 Å². The van der Waals surface area contributed by atoms with Gasteiger partial charge in [0, 0.05) is 20.4 Å². The van der Waals surface area contributed by atoms with Gasteiger partial charge in [-0.1, -0.05) is 71.7 Å². The average molecular weight is 634 g/mol. The minimum absolute atomic E-state index is 0.0253. The standard InChI is InChI=1S/C27H24Br2ClN3O3/c1-4-35-22-12-18(23(29)24(30)25(22)36-15-17-8-6-5-7-9-17)14-31-33-26(16(2)3)32-21-11-10-19(28)13-20(21)27(33)34/h5-14,16H,4,15H2,1-3H3. The van der Waals surface area contributed by atoms with Crippen LogP contribution < -0.4 is 15.0 Å². The molecule has 0 radical (unpaired) electrons. The SMILES string of the molecule is CCOc1cc(C=Nn2c(C(C)C)nc3ccc(Br)cc3c2=O)c(Br)c(Cl)c1OCc1ccccc1. The van der Waals surface area contributed by atoms with Gasteiger partial charge in [0.15, 0.2) is 11.5 Å². The summed E-state index contributed by atoms with van der Waals surface area (Å²) in [6.07, 6.45) is 1.57. The highest BCUT2D eigenvalue weighted by molar-refractivity contribution is 9.10. The summed E-state index contributed by atoms with van der Waals surface area (Å²) in [5, 5.41) is 5.35. The lowest BCUT2D eigenvalue weighted by molar-refractivity contribution is 0.269. The van der Waals surface area contributed by atoms with Crippen molar-refractivity contribution in [1.82, 2.24) is 9.66 Å². The molecule has 9 heteroatoms. The Balaban J connectivity index is 1.76. The average Bonchev–Trinajstić information content (AvgIpc) is 2.86. The van der Waals surface area contributed by atoms with Gasteiger partial charge in [0.25, 0.3) is 5.56 Å². The number of fused-ring (bicyclic) bond motifs is 1. The second-order valence-electron chi connectivity index (χ2n) is 8.28. The molecule has 186 valence electrons. The Labute approximate surface area is 231 Å². The van der Waals surface area contributed by atoms with Crippen LogP contribution in [0, 0.1) is 0 Å². The topological polar surface area (TPSA) is 65.7 Å². The molecule has 0 atom stereocenters. The van der Waals surface area contributed by atoms with Crippen LogP contribution in [0.4, 0.5) is 0 Å². The molecule has 0 N–H and O–H groups in total. The summed E-state index contributed by atoms with van der Waals surface area (Å²) < 4.78 is 14.6. The van der Waals surface area contributed by atoms with Crippen molar-refractivity contribution in [3.05, 3.63) is 95.9 Å². The molecule has 0 unspecified atom stereocenters. The van der Waals surface area contributed by atoms with Crippen molar-refractivity contribution in [1.29, 1.82) is 0 Å². The molecule has 0 bridgehead atoms. The zero-order chi connectivity index (χ0) is 25.8. The zero-order valence-corrected chi connectivity index (χ0v) is 23.9. The molecule has 0 saturated carbocycles. The van der Waals surface area contributed by atoms with E-state index in [9.17, 15) is 4.79 Å². The van der Waals surface area contributed by atoms with Gasteiger partial charge < -0.3 is 9.47 Å². The van der Waals surface area contributed by atoms with Gasteiger partial charge in [-0.3, -0.25) is 4.79 Å². The minimum Gasteiger partial charge on any atom is -0.490 e. The molecule has 36 heavy (non-hydrogen) atoms. The van der Waals surface area contributed by atoms with Gasteiger partial charge in [-0.25, -0.2) is 4.98 Å². The molecule has 6 nitrogen and oxygen atoms in total. The second kappa shape index (κ2) is 11.6. The molecule has 0 aliphatic rings. The Kier molecular flexibility index (Phi) is 8.49. The highest BCUT2D eigenvalue weighted by Gasteiger charge is 2.19. The smallest absolute Gasteiger partial charge is 0.282 e. The van der Waals surface area contributed by atoms with Gasteiger partial charge in [0.05, 0.1) is 23.7 Å². The molecule has 1 heterocycles. The fourth-order valence-electron chi connectivity index (χ4n) is 3.60. The van der Waals surface area contributed by atoms with E-state index in [4.69, 9.17) is 21.1 Å². The zero-order valence-electron chi connectivity index (χ0n) is 20.0. The molecule has 0 spiro atoms. The first-order valence-corrected chi connectivity index (χ1v) is 13.3. The van der Waals surface area contributed by atoms with E-state index in [1.54, 1.807) is 18.3 Å². The lowest BCUT2D eigenvalue weighted by Gasteiger charge is -2.16. The van der Waals surface area contributed by atoms with E-state index >= 15 is 0 Å². The number of ether oxygens (including phenoxy) is 2. The number of hydrogen-bond acceptors (Lipinski definition) is 5. The maximum Gasteiger partial charge on any atom is 0.282 e. The summed E-state index contributed by atoms with van der Waals surface area (Å²) in [5.41, 5.74) is 2.01. The lowest BCUT2D eigenvalue weighted by Crippen LogP contribution is -2.23. The lowest BCUT2D eigenvalue weighted by atomic mass is 10.2. The van der Waals surface area contributed by atoms with Crippen LogP contribution in [0.3, 0.4) is 0 Å². The summed E-state index contributed by atoms with van der Waals surface area (Å²) in [7, 11) is 0. The molecule has 4 rings (SSSR count).